The molecule has 0 atom stereocenters. The number of benzene rings is 3. The van der Waals surface area contributed by atoms with Crippen molar-refractivity contribution in [2.45, 2.75) is 26.1 Å². The summed E-state index contributed by atoms with van der Waals surface area (Å²) < 4.78 is 23.9. The summed E-state index contributed by atoms with van der Waals surface area (Å²) in [6.07, 6.45) is 4.31. The number of rotatable bonds is 8. The highest BCUT2D eigenvalue weighted by atomic mass is 19.1. The molecule has 6 aromatic rings. The van der Waals surface area contributed by atoms with E-state index in [1.54, 1.807) is 25.4 Å². The molecule has 0 radical (unpaired) electrons. The predicted molar refractivity (Wildman–Crippen MR) is 169 cm³/mol. The average molecular weight is 587 g/mol. The summed E-state index contributed by atoms with van der Waals surface area (Å²) in [4.78, 5) is 27.9. The van der Waals surface area contributed by atoms with Crippen LogP contribution in [-0.2, 0) is 19.6 Å². The molecule has 3 aromatic carbocycles. The smallest absolute Gasteiger partial charge is 0.296 e. The van der Waals surface area contributed by atoms with Crippen molar-refractivity contribution in [1.82, 2.24) is 24.8 Å². The molecule has 0 spiro atoms. The zero-order chi connectivity index (χ0) is 30.0. The molecular formula is C35H31FN6O2. The summed E-state index contributed by atoms with van der Waals surface area (Å²) in [7, 11) is 1.59. The second kappa shape index (κ2) is 11.7. The van der Waals surface area contributed by atoms with Crippen molar-refractivity contribution in [2.75, 3.05) is 18.6 Å². The van der Waals surface area contributed by atoms with Crippen LogP contribution in [0.4, 0.5) is 10.2 Å². The van der Waals surface area contributed by atoms with Crippen LogP contribution >= 0.6 is 0 Å². The number of carbonyl (C=O) groups is 1. The summed E-state index contributed by atoms with van der Waals surface area (Å²) in [5, 5.41) is 3.37. The molecule has 0 aliphatic carbocycles. The monoisotopic (exact) mass is 586 g/mol. The van der Waals surface area contributed by atoms with Gasteiger partial charge in [0, 0.05) is 61.3 Å². The largest absolute Gasteiger partial charge is 0.465 e. The van der Waals surface area contributed by atoms with Gasteiger partial charge in [-0.1, -0.05) is 66.7 Å². The van der Waals surface area contributed by atoms with Crippen LogP contribution in [0.5, 0.6) is 6.01 Å². The molecule has 1 aliphatic heterocycles. The molecule has 1 aliphatic rings. The molecule has 1 amide bonds. The summed E-state index contributed by atoms with van der Waals surface area (Å²) in [5.74, 6) is -0.00638. The Morgan fingerprint density at radius 3 is 2.39 bits per heavy atom. The van der Waals surface area contributed by atoms with Crippen molar-refractivity contribution in [3.63, 3.8) is 0 Å². The SMILES string of the molecule is CNC(=O)c1cnc(N(Cc2ccccc2)Cc2ccccc2)c2[nH]c(-c3cccc(-c4cn5c(n4)OCCC5)c3F)cc12. The van der Waals surface area contributed by atoms with E-state index in [4.69, 9.17) is 9.72 Å². The zero-order valence-corrected chi connectivity index (χ0v) is 24.3. The van der Waals surface area contributed by atoms with Gasteiger partial charge in [-0.25, -0.2) is 9.37 Å². The van der Waals surface area contributed by atoms with E-state index in [-0.39, 0.29) is 5.91 Å². The number of ether oxygens (including phenoxy) is 1. The van der Waals surface area contributed by atoms with E-state index in [1.165, 1.54) is 0 Å². The topological polar surface area (TPSA) is 88.1 Å². The number of hydrogen-bond acceptors (Lipinski definition) is 5. The van der Waals surface area contributed by atoms with Gasteiger partial charge in [0.1, 0.15) is 5.82 Å². The third kappa shape index (κ3) is 5.17. The van der Waals surface area contributed by atoms with E-state index in [2.05, 4.69) is 44.5 Å². The van der Waals surface area contributed by atoms with Gasteiger partial charge < -0.3 is 24.5 Å². The number of H-pyrrole nitrogens is 1. The Balaban J connectivity index is 1.36. The number of pyridine rings is 1. The van der Waals surface area contributed by atoms with Crippen LogP contribution < -0.4 is 15.0 Å². The first-order valence-corrected chi connectivity index (χ1v) is 14.6. The fourth-order valence-corrected chi connectivity index (χ4v) is 5.76. The minimum Gasteiger partial charge on any atom is -0.465 e. The fourth-order valence-electron chi connectivity index (χ4n) is 5.76. The second-order valence-corrected chi connectivity index (χ2v) is 10.8. The van der Waals surface area contributed by atoms with Crippen LogP contribution in [0, 0.1) is 5.82 Å². The van der Waals surface area contributed by atoms with Gasteiger partial charge in [0.2, 0.25) is 0 Å². The molecule has 4 heterocycles. The number of imidazole rings is 1. The Morgan fingerprint density at radius 2 is 1.70 bits per heavy atom. The van der Waals surface area contributed by atoms with Gasteiger partial charge in [-0.05, 0) is 35.7 Å². The van der Waals surface area contributed by atoms with Crippen molar-refractivity contribution < 1.29 is 13.9 Å². The molecular weight excluding hydrogens is 555 g/mol. The van der Waals surface area contributed by atoms with Gasteiger partial charge in [0.25, 0.3) is 11.9 Å². The van der Waals surface area contributed by atoms with Gasteiger partial charge in [-0.3, -0.25) is 4.79 Å². The molecule has 0 bridgehead atoms. The highest BCUT2D eigenvalue weighted by Crippen LogP contribution is 2.36. The molecule has 44 heavy (non-hydrogen) atoms. The van der Waals surface area contributed by atoms with Crippen molar-refractivity contribution >= 4 is 22.6 Å². The van der Waals surface area contributed by atoms with Crippen molar-refractivity contribution in [2.24, 2.45) is 0 Å². The number of nitrogens with one attached hydrogen (secondary N) is 2. The molecule has 0 unspecified atom stereocenters. The lowest BCUT2D eigenvalue weighted by Gasteiger charge is -2.25. The lowest BCUT2D eigenvalue weighted by Crippen LogP contribution is -2.24. The number of amides is 1. The van der Waals surface area contributed by atoms with E-state index in [0.29, 0.717) is 70.5 Å². The van der Waals surface area contributed by atoms with Gasteiger partial charge in [0.05, 0.1) is 23.4 Å². The minimum atomic E-state index is -0.407. The number of aromatic nitrogens is 4. The molecule has 9 heteroatoms. The number of carbonyl (C=O) groups excluding carboxylic acids is 1. The number of aromatic amines is 1. The van der Waals surface area contributed by atoms with E-state index in [9.17, 15) is 4.79 Å². The Bertz CT molecular complexity index is 1890. The first-order chi connectivity index (χ1) is 21.6. The van der Waals surface area contributed by atoms with Crippen LogP contribution in [0.25, 0.3) is 33.4 Å². The van der Waals surface area contributed by atoms with E-state index in [1.807, 2.05) is 59.3 Å². The standard InChI is InChI=1S/C35H31FN6O2/c1-37-34(43)28-19-38-33(42(20-23-10-4-2-5-11-23)21-24-12-6-3-7-13-24)32-27(28)18-29(39-32)25-14-8-15-26(31(25)36)30-22-41-16-9-17-44-35(41)40-30/h2-8,10-15,18-19,22,39H,9,16-17,20-21H2,1H3,(H,37,43). The summed E-state index contributed by atoms with van der Waals surface area (Å²) in [6, 6.07) is 27.9. The van der Waals surface area contributed by atoms with E-state index in [0.717, 1.165) is 24.1 Å². The van der Waals surface area contributed by atoms with Crippen LogP contribution in [0.2, 0.25) is 0 Å². The van der Waals surface area contributed by atoms with Gasteiger partial charge in [-0.2, -0.15) is 4.98 Å². The molecule has 8 nitrogen and oxygen atoms in total. The van der Waals surface area contributed by atoms with Gasteiger partial charge in [0.15, 0.2) is 5.82 Å². The van der Waals surface area contributed by atoms with Crippen molar-refractivity contribution in [3.05, 3.63) is 120 Å². The lowest BCUT2D eigenvalue weighted by atomic mass is 10.0. The van der Waals surface area contributed by atoms with Gasteiger partial charge in [-0.15, -0.1) is 0 Å². The summed E-state index contributed by atoms with van der Waals surface area (Å²) in [6.45, 7) is 2.56. The zero-order valence-electron chi connectivity index (χ0n) is 24.3. The normalized spacial score (nSPS) is 12.5. The Labute approximate surface area is 254 Å². The van der Waals surface area contributed by atoms with Crippen LogP contribution in [0.1, 0.15) is 27.9 Å². The highest BCUT2D eigenvalue weighted by Gasteiger charge is 2.23. The first kappa shape index (κ1) is 27.4. The summed E-state index contributed by atoms with van der Waals surface area (Å²) in [5.41, 5.74) is 5.11. The number of aryl methyl sites for hydroxylation is 1. The maximum Gasteiger partial charge on any atom is 0.296 e. The van der Waals surface area contributed by atoms with Crippen molar-refractivity contribution in [1.29, 1.82) is 0 Å². The Morgan fingerprint density at radius 1 is 1.00 bits per heavy atom. The second-order valence-electron chi connectivity index (χ2n) is 10.8. The molecule has 0 fully saturated rings. The number of anilines is 1. The number of fused-ring (bicyclic) bond motifs is 2. The third-order valence-corrected chi connectivity index (χ3v) is 7.93. The molecule has 220 valence electrons. The van der Waals surface area contributed by atoms with E-state index >= 15 is 4.39 Å². The first-order valence-electron chi connectivity index (χ1n) is 14.6. The van der Waals surface area contributed by atoms with Crippen LogP contribution in [0.3, 0.4) is 0 Å². The predicted octanol–water partition coefficient (Wildman–Crippen LogP) is 6.58. The highest BCUT2D eigenvalue weighted by molar-refractivity contribution is 6.09. The van der Waals surface area contributed by atoms with Crippen molar-refractivity contribution in [3.8, 4) is 28.5 Å². The molecule has 0 saturated carbocycles. The average Bonchev–Trinajstić information content (AvgIpc) is 3.70. The molecule has 3 aromatic heterocycles. The molecule has 7 rings (SSSR count). The number of halogens is 1. The third-order valence-electron chi connectivity index (χ3n) is 7.93. The van der Waals surface area contributed by atoms with Crippen LogP contribution in [0.15, 0.2) is 97.3 Å². The lowest BCUT2D eigenvalue weighted by molar-refractivity contribution is 0.0964. The molecule has 0 saturated heterocycles. The number of nitrogens with zero attached hydrogens (tertiary/aromatic N) is 4. The van der Waals surface area contributed by atoms with E-state index < -0.39 is 5.82 Å². The minimum absolute atomic E-state index is 0.268. The molecule has 2 N–H and O–H groups in total. The van der Waals surface area contributed by atoms with Gasteiger partial charge >= 0.3 is 0 Å². The summed E-state index contributed by atoms with van der Waals surface area (Å²) >= 11 is 0. The fraction of sp³-hybridized carbons (Fsp3) is 0.171. The quantitative estimate of drug-likeness (QED) is 0.210. The van der Waals surface area contributed by atoms with Crippen LogP contribution in [-0.4, -0.2) is 39.1 Å². The maximum atomic E-state index is 16.3. The number of hydrogen-bond donors (Lipinski definition) is 2. The maximum absolute atomic E-state index is 16.3. The Hall–Kier alpha value is -5.44. The Kier molecular flexibility index (Phi) is 7.27.